The molecular weight excluding hydrogens is 1770 g/mol. The number of aromatic nitrogens is 15. The summed E-state index contributed by atoms with van der Waals surface area (Å²) in [6, 6.07) is 89.2. The molecule has 0 amide bonds. The number of aryl methyl sites for hydroxylation is 1. The second-order valence-electron chi connectivity index (χ2n) is 32.6. The number of para-hydroxylation sites is 5. The first kappa shape index (κ1) is 86.1. The number of nitrogens with zero attached hydrogens (tertiary/aromatic N) is 15. The molecule has 0 bridgehead atoms. The van der Waals surface area contributed by atoms with E-state index in [9.17, 15) is 17.6 Å². The lowest BCUT2D eigenvalue weighted by molar-refractivity contribution is -0.137. The summed E-state index contributed by atoms with van der Waals surface area (Å²) in [5.74, 6) is -1.69. The third-order valence-electron chi connectivity index (χ3n) is 24.4. The molecule has 16 heterocycles. The van der Waals surface area contributed by atoms with Crippen molar-refractivity contribution >= 4 is 109 Å². The number of fused-ring (bicyclic) bond motifs is 11. The van der Waals surface area contributed by atoms with E-state index >= 15 is 22.0 Å². The molecule has 0 atom stereocenters. The molecule has 0 radical (unpaired) electrons. The van der Waals surface area contributed by atoms with Gasteiger partial charge in [-0.05, 0) is 140 Å². The maximum atomic E-state index is 16.0. The number of hydrogen-bond donors (Lipinski definition) is 0. The van der Waals surface area contributed by atoms with E-state index in [4.69, 9.17) is 9.47 Å². The highest BCUT2D eigenvalue weighted by atomic mass is 19.4. The van der Waals surface area contributed by atoms with Crippen molar-refractivity contribution in [3.8, 4) is 96.2 Å². The van der Waals surface area contributed by atoms with Crippen molar-refractivity contribution in [1.82, 2.24) is 72.7 Å². The Bertz CT molecular complexity index is 8890. The molecule has 0 saturated heterocycles. The Hall–Kier alpha value is -18.3. The zero-order valence-corrected chi connectivity index (χ0v) is 73.2. The standard InChI is InChI=1S/C23H13F4N3.C23H14FN3O2.C23H16FN3.C22H13F2N3.C22H14FN3/c24-20-21(15-5-1-3-7-17(15)23(25,26)27)29-18-8-4-2-6-16(18)22(20)30-12-10-14-13-28-11-9-19(14)30;24-21-22(14-5-6-19-20(11-14)29-13-28-19)26-17-4-2-1-3-16(17)23(21)27-10-8-15-12-25-9-7-18(15)27;1-15-6-2-3-7-17(15)22-21(24)23(18-8-4-5-9-19(18)26-22)27-13-11-16-14-25-12-10-20(16)27;23-17-7-3-1-5-15(17)21-20(24)22(16-6-2-4-8-18(16)26-21)27-12-10-14-13-25-11-9-19(14)27;23-20-21(15-6-2-1-3-7-15)25-18-9-5-4-8-17(18)22(20)26-13-11-16-14-24-12-10-19(16)26/h1-13H;1-12H,13H2;2-14H,1H3;1-13H;1-14H. The number of pyridine rings is 10. The van der Waals surface area contributed by atoms with Gasteiger partial charge in [0.05, 0.1) is 89.2 Å². The molecule has 25 aromatic rings. The molecule has 0 fully saturated rings. The fourth-order valence-corrected chi connectivity index (χ4v) is 17.9. The smallest absolute Gasteiger partial charge is 0.417 e. The maximum Gasteiger partial charge on any atom is 0.417 e. The Labute approximate surface area is 784 Å². The zero-order valence-electron chi connectivity index (χ0n) is 73.2. The number of ether oxygens (including phenoxy) is 2. The Morgan fingerprint density at radius 3 is 0.935 bits per heavy atom. The van der Waals surface area contributed by atoms with Crippen molar-refractivity contribution in [2.75, 3.05) is 6.79 Å². The summed E-state index contributed by atoms with van der Waals surface area (Å²) in [7, 11) is 0. The number of benzene rings is 10. The third-order valence-corrected chi connectivity index (χ3v) is 24.4. The number of alkyl halides is 3. The van der Waals surface area contributed by atoms with Gasteiger partial charge < -0.3 is 32.3 Å². The SMILES string of the molecule is Cc1ccccc1-c1nc2ccccc2c(-n2ccc3cnccc32)c1F.Fc1c(-c2ccc3c(c2)OCO3)nc2ccccc2c1-n1ccc2cnccc21.Fc1c(-c2ccccc2)nc2ccccc2c1-n1ccc2cnccc21.Fc1c(-c2ccccc2C(F)(F)F)nc2ccccc2c1-n1ccc2cnccc21.Fc1ccccc1-c1nc2ccccc2c(-n2ccc3cnccc32)c1F. The molecule has 15 aromatic heterocycles. The minimum Gasteiger partial charge on any atom is -0.454 e. The monoisotopic (exact) mass is 1840 g/mol. The van der Waals surface area contributed by atoms with Crippen molar-refractivity contribution in [2.45, 2.75) is 13.1 Å². The normalized spacial score (nSPS) is 11.8. The van der Waals surface area contributed by atoms with Gasteiger partial charge in [0.25, 0.3) is 0 Å². The third kappa shape index (κ3) is 15.9. The minimum absolute atomic E-state index is 0.00212. The molecule has 0 unspecified atom stereocenters. The lowest BCUT2D eigenvalue weighted by Crippen LogP contribution is -2.09. The van der Waals surface area contributed by atoms with Crippen LogP contribution in [0.3, 0.4) is 0 Å². The van der Waals surface area contributed by atoms with E-state index in [2.05, 4.69) is 49.8 Å². The van der Waals surface area contributed by atoms with E-state index in [0.717, 1.165) is 98.9 Å². The van der Waals surface area contributed by atoms with Crippen LogP contribution < -0.4 is 9.47 Å². The summed E-state index contributed by atoms with van der Waals surface area (Å²) < 4.78 is 154. The second-order valence-corrected chi connectivity index (χ2v) is 32.6. The van der Waals surface area contributed by atoms with E-state index < -0.39 is 35.0 Å². The van der Waals surface area contributed by atoms with E-state index in [1.165, 1.54) is 30.3 Å². The van der Waals surface area contributed by atoms with Gasteiger partial charge in [-0.15, -0.1) is 0 Å². The molecule has 17 nitrogen and oxygen atoms in total. The van der Waals surface area contributed by atoms with Crippen LogP contribution in [0, 0.1) is 41.8 Å². The number of halogens is 9. The van der Waals surface area contributed by atoms with Crippen molar-refractivity contribution in [1.29, 1.82) is 0 Å². The summed E-state index contributed by atoms with van der Waals surface area (Å²) in [5, 5.41) is 8.01. The Kier molecular flexibility index (Phi) is 22.4. The summed E-state index contributed by atoms with van der Waals surface area (Å²) >= 11 is 0. The van der Waals surface area contributed by atoms with Crippen LogP contribution in [0.25, 0.3) is 194 Å². The van der Waals surface area contributed by atoms with Crippen LogP contribution in [0.2, 0.25) is 0 Å². The van der Waals surface area contributed by atoms with Crippen LogP contribution >= 0.6 is 0 Å². The van der Waals surface area contributed by atoms with Crippen LogP contribution in [0.15, 0.2) is 396 Å². The molecule has 1 aliphatic heterocycles. The van der Waals surface area contributed by atoms with E-state index in [0.29, 0.717) is 84.0 Å². The largest absolute Gasteiger partial charge is 0.454 e. The molecule has 26 rings (SSSR count). The molecule has 0 spiro atoms. The lowest BCUT2D eigenvalue weighted by Gasteiger charge is -2.17. The fraction of sp³-hybridized carbons (Fsp3) is 0.0265. The predicted molar refractivity (Wildman–Crippen MR) is 525 cm³/mol. The van der Waals surface area contributed by atoms with Gasteiger partial charge in [-0.2, -0.15) is 13.2 Å². The van der Waals surface area contributed by atoms with E-state index in [-0.39, 0.29) is 52.3 Å². The molecule has 0 saturated carbocycles. The van der Waals surface area contributed by atoms with Crippen LogP contribution in [0.5, 0.6) is 11.5 Å². The quantitative estimate of drug-likeness (QED) is 0.119. The highest BCUT2D eigenvalue weighted by Gasteiger charge is 2.36. The molecular formula is C113H70F9N15O2. The number of rotatable bonds is 10. The Morgan fingerprint density at radius 1 is 0.266 bits per heavy atom. The molecule has 10 aromatic carbocycles. The summed E-state index contributed by atoms with van der Waals surface area (Å²) in [4.78, 5) is 43.2. The average molecular weight is 1840 g/mol. The van der Waals surface area contributed by atoms with Crippen LogP contribution in [-0.2, 0) is 6.18 Å². The van der Waals surface area contributed by atoms with Gasteiger partial charge in [0.1, 0.15) is 34.3 Å². The maximum absolute atomic E-state index is 16.0. The van der Waals surface area contributed by atoms with Gasteiger partial charge in [0.2, 0.25) is 6.79 Å². The first-order valence-electron chi connectivity index (χ1n) is 44.0. The van der Waals surface area contributed by atoms with E-state index in [1.807, 2.05) is 233 Å². The van der Waals surface area contributed by atoms with E-state index in [1.54, 1.807) is 156 Å². The first-order valence-corrected chi connectivity index (χ1v) is 44.0. The van der Waals surface area contributed by atoms with Crippen molar-refractivity contribution in [3.05, 3.63) is 442 Å². The van der Waals surface area contributed by atoms with Gasteiger partial charge >= 0.3 is 6.18 Å². The summed E-state index contributed by atoms with van der Waals surface area (Å²) in [5.41, 5.74) is 12.2. The fourth-order valence-electron chi connectivity index (χ4n) is 17.9. The summed E-state index contributed by atoms with van der Waals surface area (Å²) in [6.45, 7) is 2.14. The predicted octanol–water partition coefficient (Wildman–Crippen LogP) is 28.1. The van der Waals surface area contributed by atoms with Crippen LogP contribution in [-0.4, -0.2) is 79.5 Å². The van der Waals surface area contributed by atoms with Crippen LogP contribution in [0.4, 0.5) is 39.5 Å². The second kappa shape index (κ2) is 36.2. The van der Waals surface area contributed by atoms with Crippen molar-refractivity contribution in [2.24, 2.45) is 0 Å². The van der Waals surface area contributed by atoms with Crippen molar-refractivity contribution in [3.63, 3.8) is 0 Å². The number of hydrogen-bond acceptors (Lipinski definition) is 12. The zero-order chi connectivity index (χ0) is 94.5. The molecule has 0 N–H and O–H groups in total. The molecule has 0 aliphatic carbocycles. The van der Waals surface area contributed by atoms with Gasteiger partial charge in [-0.25, -0.2) is 51.3 Å². The summed E-state index contributed by atoms with van der Waals surface area (Å²) in [6.07, 6.45) is 21.6. The van der Waals surface area contributed by atoms with Crippen LogP contribution in [0.1, 0.15) is 11.1 Å². The van der Waals surface area contributed by atoms with Gasteiger partial charge in [-0.1, -0.05) is 176 Å². The topological polar surface area (TPSA) is 172 Å². The highest BCUT2D eigenvalue weighted by Crippen LogP contribution is 2.45. The lowest BCUT2D eigenvalue weighted by atomic mass is 10.0. The molecule has 26 heteroatoms. The van der Waals surface area contributed by atoms with Crippen molar-refractivity contribution < 1.29 is 49.0 Å². The highest BCUT2D eigenvalue weighted by molar-refractivity contribution is 6.00. The molecule has 139 heavy (non-hydrogen) atoms. The molecule has 1 aliphatic rings. The average Bonchev–Trinajstić information content (AvgIpc) is 1.73. The minimum atomic E-state index is -4.64. The molecule has 672 valence electrons. The first-order chi connectivity index (χ1) is 68.0. The van der Waals surface area contributed by atoms with Gasteiger partial charge in [0, 0.05) is 175 Å². The Balaban J connectivity index is 0.000000100. The van der Waals surface area contributed by atoms with Gasteiger partial charge in [-0.3, -0.25) is 24.9 Å². The van der Waals surface area contributed by atoms with Gasteiger partial charge in [0.15, 0.2) is 40.6 Å². The Morgan fingerprint density at radius 2 is 0.561 bits per heavy atom.